The van der Waals surface area contributed by atoms with E-state index in [1.54, 1.807) is 0 Å². The van der Waals surface area contributed by atoms with Crippen molar-refractivity contribution in [1.82, 2.24) is 39.9 Å². The molecule has 10 heteroatoms. The number of hydrogen-bond donors (Lipinski definition) is 0. The zero-order valence-corrected chi connectivity index (χ0v) is 45.4. The molecule has 0 aliphatic carbocycles. The summed E-state index contributed by atoms with van der Waals surface area (Å²) >= 11 is 1.06. The van der Waals surface area contributed by atoms with Gasteiger partial charge in [-0.05, 0) is 157 Å². The van der Waals surface area contributed by atoms with Crippen LogP contribution in [0.15, 0.2) is 121 Å². The van der Waals surface area contributed by atoms with E-state index in [0.717, 1.165) is 104 Å². The molecule has 0 saturated heterocycles. The van der Waals surface area contributed by atoms with Crippen molar-refractivity contribution in [2.45, 2.75) is 105 Å². The minimum atomic E-state index is -0.0320. The fourth-order valence-corrected chi connectivity index (χ4v) is 10.5. The van der Waals surface area contributed by atoms with E-state index in [2.05, 4.69) is 204 Å². The molecule has 9 nitrogen and oxygen atoms in total. The third-order valence-corrected chi connectivity index (χ3v) is 15.0. The Labute approximate surface area is 439 Å². The van der Waals surface area contributed by atoms with E-state index in [9.17, 15) is 0 Å². The summed E-state index contributed by atoms with van der Waals surface area (Å²) in [6.07, 6.45) is 0. The second kappa shape index (κ2) is 16.5. The molecule has 2 aliphatic rings. The Morgan fingerprint density at radius 3 is 0.757 bits per heavy atom. The van der Waals surface area contributed by atoms with Gasteiger partial charge in [-0.1, -0.05) is 156 Å². The molecule has 0 radical (unpaired) electrons. The Morgan fingerprint density at radius 2 is 0.500 bits per heavy atom. The van der Waals surface area contributed by atoms with Crippen molar-refractivity contribution in [2.24, 2.45) is 0 Å². The van der Waals surface area contributed by atoms with Gasteiger partial charge in [0.1, 0.15) is 0 Å². The fraction of sp³-hybridized carbons (Fsp3) is 0.250. The van der Waals surface area contributed by atoms with Crippen LogP contribution in [0.2, 0.25) is 0 Å². The number of rotatable bonds is 0. The van der Waals surface area contributed by atoms with Crippen molar-refractivity contribution in [3.05, 3.63) is 144 Å². The summed E-state index contributed by atoms with van der Waals surface area (Å²) in [6, 6.07) is 44.6. The molecule has 74 heavy (non-hydrogen) atoms. The van der Waals surface area contributed by atoms with Crippen LogP contribution in [0.4, 0.5) is 0 Å². The maximum absolute atomic E-state index is 8.19. The van der Waals surface area contributed by atoms with E-state index in [4.69, 9.17) is 43.5 Å². The molecule has 0 unspecified atom stereocenters. The average molecular weight is 1000 g/mol. The Kier molecular flexibility index (Phi) is 10.6. The van der Waals surface area contributed by atoms with Crippen molar-refractivity contribution in [3.63, 3.8) is 0 Å². The van der Waals surface area contributed by atoms with Gasteiger partial charge in [0.15, 0.2) is 0 Å². The second-order valence-electron chi connectivity index (χ2n) is 24.3. The van der Waals surface area contributed by atoms with Gasteiger partial charge in [-0.15, -0.1) is 0 Å². The summed E-state index contributed by atoms with van der Waals surface area (Å²) in [5.74, 6) is 2.14. The van der Waals surface area contributed by atoms with Gasteiger partial charge >= 0.3 is 21.0 Å². The van der Waals surface area contributed by atoms with Gasteiger partial charge in [-0.25, -0.2) is 9.97 Å². The van der Waals surface area contributed by atoms with Crippen LogP contribution >= 0.6 is 0 Å². The third-order valence-electron chi connectivity index (χ3n) is 15.0. The fourth-order valence-electron chi connectivity index (χ4n) is 10.5. The predicted molar refractivity (Wildman–Crippen MR) is 300 cm³/mol. The molecule has 13 rings (SSSR count). The van der Waals surface area contributed by atoms with E-state index >= 15 is 0 Å². The molecule has 2 aliphatic heterocycles. The van der Waals surface area contributed by atoms with Crippen molar-refractivity contribution in [1.29, 1.82) is 0 Å². The average Bonchev–Trinajstić information content (AvgIpc) is 4.07. The molecular weight excluding hydrogens is 948 g/mol. The number of benzene rings is 8. The number of hydrogen-bond acceptors (Lipinski definition) is 7. The molecular formula is C64H56N8OV-2. The van der Waals surface area contributed by atoms with Crippen molar-refractivity contribution in [3.8, 4) is 45.6 Å². The normalized spacial score (nSPS) is 13.0. The SMILES string of the molecule is CC(C)(C)c1ccc2cc3c(cc2c1)-c1nc-3nc2[n-]c(nc3nc(nc4[n-]c(n1)c1cc5ccc(C(C)(C)C)cc5cc41)-c1cc4ccc(C(C)(C)C)cc4cc1-3)c1cc3ccc(C(C)(C)C)cc3cc21.[O]=[V]. The van der Waals surface area contributed by atoms with Gasteiger partial charge in [0.25, 0.3) is 0 Å². The molecule has 8 aromatic carbocycles. The van der Waals surface area contributed by atoms with Crippen LogP contribution in [0, 0.1) is 0 Å². The minimum absolute atomic E-state index is 0.0320. The van der Waals surface area contributed by atoms with Crippen LogP contribution in [-0.4, -0.2) is 29.9 Å². The summed E-state index contributed by atoms with van der Waals surface area (Å²) in [4.78, 5) is 43.0. The summed E-state index contributed by atoms with van der Waals surface area (Å²) in [6.45, 7) is 27.0. The van der Waals surface area contributed by atoms with Gasteiger partial charge in [0, 0.05) is 44.8 Å². The molecule has 3 aromatic heterocycles. The van der Waals surface area contributed by atoms with Crippen LogP contribution in [0.1, 0.15) is 105 Å². The van der Waals surface area contributed by atoms with Gasteiger partial charge in [-0.2, -0.15) is 0 Å². The standard InChI is InChI=1S/C64H56N8.O.V/c1-61(2,3)41-17-13-33-25-45-49(29-37(33)21-41)57-65-53(45)70-58-51-31-39-23-43(63(7,8)9)19-15-35(39)27-47(51)55(67-58)72-60-52-32-40-24-44(64(10,11)12)20-16-36(40)28-48(52)56(68-60)71-59-50-30-38-22-42(62(4,5)6)18-14-34(38)26-46(50)54(66-59)69-57;;/h13-32H,1-12H3;;/q-2;;. The predicted octanol–water partition coefficient (Wildman–Crippen LogP) is 15.8. The molecule has 0 amide bonds. The summed E-state index contributed by atoms with van der Waals surface area (Å²) in [5, 5.41) is 12.4. The molecule has 365 valence electrons. The number of fused-ring (bicyclic) bond motifs is 24. The van der Waals surface area contributed by atoms with Gasteiger partial charge < -0.3 is 29.9 Å². The molecule has 0 N–H and O–H groups in total. The van der Waals surface area contributed by atoms with Crippen LogP contribution < -0.4 is 9.97 Å². The molecule has 0 saturated carbocycles. The van der Waals surface area contributed by atoms with E-state index < -0.39 is 0 Å². The Hall–Kier alpha value is -7.46. The molecule has 5 heterocycles. The molecule has 8 bridgehead atoms. The van der Waals surface area contributed by atoms with E-state index in [1.807, 2.05) is 0 Å². The van der Waals surface area contributed by atoms with Crippen LogP contribution in [0.3, 0.4) is 0 Å². The monoisotopic (exact) mass is 1000 g/mol. The molecule has 0 spiro atoms. The zero-order chi connectivity index (χ0) is 52.0. The number of nitrogens with zero attached hydrogens (tertiary/aromatic N) is 8. The van der Waals surface area contributed by atoms with Crippen molar-refractivity contribution >= 4 is 87.2 Å². The summed E-state index contributed by atoms with van der Waals surface area (Å²) in [5.41, 5.74) is 10.6. The Balaban J connectivity index is 0.00000275. The topological polar surface area (TPSA) is 123 Å². The quantitative estimate of drug-likeness (QED) is 0.146. The van der Waals surface area contributed by atoms with Crippen LogP contribution in [0.25, 0.3) is 133 Å². The van der Waals surface area contributed by atoms with E-state index in [1.165, 1.54) is 22.3 Å². The maximum atomic E-state index is 8.19. The van der Waals surface area contributed by atoms with E-state index in [0.29, 0.717) is 45.9 Å². The number of aromatic nitrogens is 8. The van der Waals surface area contributed by atoms with Gasteiger partial charge in [0.05, 0.1) is 23.3 Å². The molecule has 0 atom stereocenters. The third kappa shape index (κ3) is 8.00. The first-order valence-electron chi connectivity index (χ1n) is 25.3. The molecule has 0 fully saturated rings. The first-order chi connectivity index (χ1) is 35.1. The van der Waals surface area contributed by atoms with Crippen molar-refractivity contribution < 1.29 is 21.0 Å². The van der Waals surface area contributed by atoms with Crippen LogP contribution in [-0.2, 0) is 42.7 Å². The summed E-state index contributed by atoms with van der Waals surface area (Å²) < 4.78 is 8.19. The first-order valence-corrected chi connectivity index (χ1v) is 25.9. The van der Waals surface area contributed by atoms with Gasteiger partial charge in [0.2, 0.25) is 0 Å². The Bertz CT molecular complexity index is 4120. The second-order valence-corrected chi connectivity index (χ2v) is 24.3. The zero-order valence-electron chi connectivity index (χ0n) is 44.0. The summed E-state index contributed by atoms with van der Waals surface area (Å²) in [7, 11) is 0. The van der Waals surface area contributed by atoms with Crippen LogP contribution in [0.5, 0.6) is 0 Å². The molecule has 11 aromatic rings. The van der Waals surface area contributed by atoms with Gasteiger partial charge in [-0.3, -0.25) is 0 Å². The van der Waals surface area contributed by atoms with E-state index in [-0.39, 0.29) is 21.7 Å². The first kappa shape index (κ1) is 47.5. The Morgan fingerprint density at radius 1 is 0.284 bits per heavy atom. The van der Waals surface area contributed by atoms with Crippen molar-refractivity contribution in [2.75, 3.05) is 0 Å².